The minimum atomic E-state index is -0.338. The lowest BCUT2D eigenvalue weighted by Gasteiger charge is -2.06. The van der Waals surface area contributed by atoms with Crippen LogP contribution in [0.1, 0.15) is 16.0 Å². The van der Waals surface area contributed by atoms with Crippen LogP contribution >= 0.6 is 11.3 Å². The molecule has 0 spiro atoms. The summed E-state index contributed by atoms with van der Waals surface area (Å²) in [6.07, 6.45) is 0.872. The molecule has 0 saturated carbocycles. The summed E-state index contributed by atoms with van der Waals surface area (Å²) < 4.78 is 18.8. The summed E-state index contributed by atoms with van der Waals surface area (Å²) in [6.45, 7) is 0.765. The maximum absolute atomic E-state index is 13.2. The van der Waals surface area contributed by atoms with Crippen LogP contribution in [0.15, 0.2) is 35.7 Å². The van der Waals surface area contributed by atoms with Gasteiger partial charge in [0, 0.05) is 16.9 Å². The Bertz CT molecular complexity index is 597. The van der Waals surface area contributed by atoms with Crippen LogP contribution in [0.3, 0.4) is 0 Å². The summed E-state index contributed by atoms with van der Waals surface area (Å²) in [5.41, 5.74) is 1.40. The molecule has 0 unspecified atom stereocenters. The van der Waals surface area contributed by atoms with Crippen molar-refractivity contribution >= 4 is 11.3 Å². The van der Waals surface area contributed by atoms with Crippen LogP contribution in [-0.2, 0) is 17.8 Å². The van der Waals surface area contributed by atoms with E-state index in [1.165, 1.54) is 17.0 Å². The Balaban J connectivity index is 1.91. The quantitative estimate of drug-likeness (QED) is 0.677. The van der Waals surface area contributed by atoms with E-state index in [4.69, 9.17) is 9.84 Å². The largest absolute Gasteiger partial charge is 0.384 e. The summed E-state index contributed by atoms with van der Waals surface area (Å²) in [5.74, 6) is 4.93. The first-order valence-corrected chi connectivity index (χ1v) is 7.16. The van der Waals surface area contributed by atoms with Gasteiger partial charge >= 0.3 is 0 Å². The number of rotatable bonds is 5. The predicted molar refractivity (Wildman–Crippen MR) is 78.0 cm³/mol. The number of halogens is 1. The maximum atomic E-state index is 13.2. The zero-order valence-corrected chi connectivity index (χ0v) is 11.8. The molecule has 104 valence electrons. The smallest absolute Gasteiger partial charge is 0.124 e. The molecule has 2 aromatic rings. The van der Waals surface area contributed by atoms with Crippen LogP contribution in [0.25, 0.3) is 0 Å². The van der Waals surface area contributed by atoms with Crippen LogP contribution < -0.4 is 0 Å². The first kappa shape index (κ1) is 14.7. The van der Waals surface area contributed by atoms with Gasteiger partial charge in [0.15, 0.2) is 0 Å². The Hall–Kier alpha value is -1.67. The molecule has 2 nitrogen and oxygen atoms in total. The normalized spacial score (nSPS) is 10.1. The van der Waals surface area contributed by atoms with Crippen LogP contribution in [0.4, 0.5) is 4.39 Å². The average molecular weight is 290 g/mol. The molecule has 0 aliphatic rings. The Morgan fingerprint density at radius 1 is 1.30 bits per heavy atom. The topological polar surface area (TPSA) is 29.5 Å². The van der Waals surface area contributed by atoms with E-state index in [-0.39, 0.29) is 12.4 Å². The van der Waals surface area contributed by atoms with Crippen LogP contribution in [0, 0.1) is 17.7 Å². The molecule has 0 radical (unpaired) electrons. The van der Waals surface area contributed by atoms with Crippen LogP contribution in [0.2, 0.25) is 0 Å². The van der Waals surface area contributed by atoms with Gasteiger partial charge < -0.3 is 9.84 Å². The van der Waals surface area contributed by atoms with Crippen molar-refractivity contribution in [3.63, 3.8) is 0 Å². The second kappa shape index (κ2) is 7.81. The highest BCUT2D eigenvalue weighted by atomic mass is 32.1. The summed E-state index contributed by atoms with van der Waals surface area (Å²) in [4.78, 5) is 1.28. The van der Waals surface area contributed by atoms with Gasteiger partial charge in [-0.25, -0.2) is 4.39 Å². The summed E-state index contributed by atoms with van der Waals surface area (Å²) in [7, 11) is 0. The van der Waals surface area contributed by atoms with Crippen molar-refractivity contribution in [1.29, 1.82) is 0 Å². The van der Waals surface area contributed by atoms with Gasteiger partial charge in [0.2, 0.25) is 0 Å². The molecule has 1 aromatic carbocycles. The third-order valence-electron chi connectivity index (χ3n) is 2.70. The first-order valence-electron chi connectivity index (χ1n) is 6.28. The first-order chi connectivity index (χ1) is 9.79. The molecule has 0 atom stereocenters. The van der Waals surface area contributed by atoms with E-state index in [1.54, 1.807) is 17.4 Å². The van der Waals surface area contributed by atoms with Crippen molar-refractivity contribution in [2.75, 3.05) is 13.2 Å². The number of aliphatic hydroxyl groups excluding tert-OH is 1. The minimum absolute atomic E-state index is 0.241. The van der Waals surface area contributed by atoms with Crippen molar-refractivity contribution in [1.82, 2.24) is 0 Å². The Kier molecular flexibility index (Phi) is 5.75. The lowest BCUT2D eigenvalue weighted by molar-refractivity contribution is 0.124. The fourth-order valence-electron chi connectivity index (χ4n) is 1.74. The summed E-state index contributed by atoms with van der Waals surface area (Å²) in [6, 6.07) is 8.51. The molecule has 0 fully saturated rings. The average Bonchev–Trinajstić information content (AvgIpc) is 2.96. The molecule has 0 bridgehead atoms. The van der Waals surface area contributed by atoms with Crippen molar-refractivity contribution < 1.29 is 14.2 Å². The van der Waals surface area contributed by atoms with Crippen LogP contribution in [-0.4, -0.2) is 18.3 Å². The van der Waals surface area contributed by atoms with Gasteiger partial charge in [-0.15, -0.1) is 11.3 Å². The van der Waals surface area contributed by atoms with Gasteiger partial charge in [-0.05, 0) is 29.1 Å². The highest BCUT2D eigenvalue weighted by molar-refractivity contribution is 7.09. The highest BCUT2D eigenvalue weighted by Crippen LogP contribution is 2.13. The summed E-state index contributed by atoms with van der Waals surface area (Å²) >= 11 is 1.71. The Morgan fingerprint density at radius 2 is 2.20 bits per heavy atom. The molecule has 4 heteroatoms. The van der Waals surface area contributed by atoms with Gasteiger partial charge in [-0.1, -0.05) is 24.0 Å². The number of hydrogen-bond donors (Lipinski definition) is 1. The summed E-state index contributed by atoms with van der Waals surface area (Å²) in [5, 5.41) is 10.7. The van der Waals surface area contributed by atoms with Crippen molar-refractivity contribution in [3.8, 4) is 11.8 Å². The van der Waals surface area contributed by atoms with E-state index in [1.807, 2.05) is 11.4 Å². The molecule has 1 N–H and O–H groups in total. The van der Waals surface area contributed by atoms with Gasteiger partial charge in [0.25, 0.3) is 0 Å². The fraction of sp³-hybridized carbons (Fsp3) is 0.250. The fourth-order valence-corrected chi connectivity index (χ4v) is 2.43. The van der Waals surface area contributed by atoms with Crippen molar-refractivity contribution in [3.05, 3.63) is 57.5 Å². The second-order valence-corrected chi connectivity index (χ2v) is 5.18. The molecular weight excluding hydrogens is 275 g/mol. The minimum Gasteiger partial charge on any atom is -0.384 e. The van der Waals surface area contributed by atoms with E-state index in [0.717, 1.165) is 12.0 Å². The molecule has 0 aliphatic heterocycles. The molecule has 20 heavy (non-hydrogen) atoms. The lowest BCUT2D eigenvalue weighted by atomic mass is 10.1. The Labute approximate surface area is 121 Å². The van der Waals surface area contributed by atoms with Crippen molar-refractivity contribution in [2.24, 2.45) is 0 Å². The third kappa shape index (κ3) is 4.46. The molecular formula is C16H15FO2S. The van der Waals surface area contributed by atoms with E-state index in [2.05, 4.69) is 17.9 Å². The third-order valence-corrected chi connectivity index (χ3v) is 3.64. The van der Waals surface area contributed by atoms with Gasteiger partial charge in [-0.3, -0.25) is 0 Å². The van der Waals surface area contributed by atoms with Crippen molar-refractivity contribution in [2.45, 2.75) is 13.0 Å². The Morgan fingerprint density at radius 3 is 2.95 bits per heavy atom. The lowest BCUT2D eigenvalue weighted by Crippen LogP contribution is -2.00. The van der Waals surface area contributed by atoms with E-state index in [0.29, 0.717) is 18.8 Å². The molecule has 0 saturated heterocycles. The molecule has 1 heterocycles. The van der Waals surface area contributed by atoms with E-state index in [9.17, 15) is 4.39 Å². The molecule has 1 aromatic heterocycles. The highest BCUT2D eigenvalue weighted by Gasteiger charge is 2.03. The number of thiophene rings is 1. The van der Waals surface area contributed by atoms with Gasteiger partial charge in [0.05, 0.1) is 13.2 Å². The maximum Gasteiger partial charge on any atom is 0.124 e. The second-order valence-electron chi connectivity index (χ2n) is 4.14. The molecule has 0 amide bonds. The van der Waals surface area contributed by atoms with E-state index < -0.39 is 0 Å². The zero-order chi connectivity index (χ0) is 14.2. The monoisotopic (exact) mass is 290 g/mol. The number of hydrogen-bond acceptors (Lipinski definition) is 3. The van der Waals surface area contributed by atoms with E-state index >= 15 is 0 Å². The molecule has 2 rings (SSSR count). The predicted octanol–water partition coefficient (Wildman–Crippen LogP) is 2.99. The van der Waals surface area contributed by atoms with Gasteiger partial charge in [0.1, 0.15) is 12.4 Å². The van der Waals surface area contributed by atoms with Gasteiger partial charge in [-0.2, -0.15) is 0 Å². The molecule has 0 aliphatic carbocycles. The number of aliphatic hydroxyl groups is 1. The number of ether oxygens (including phenoxy) is 1. The standard InChI is InChI=1S/C16H15FO2S/c17-15-6-5-14(13(11-15)3-1-8-18)12-19-9-7-16-4-2-10-20-16/h2,4-6,10-11,18H,7-9,12H2. The zero-order valence-electron chi connectivity index (χ0n) is 10.9. The number of benzene rings is 1. The SMILES string of the molecule is OCC#Cc1cc(F)ccc1COCCc1cccs1. The van der Waals surface area contributed by atoms with Crippen LogP contribution in [0.5, 0.6) is 0 Å².